The van der Waals surface area contributed by atoms with Crippen LogP contribution in [0.15, 0.2) is 0 Å². The molecule has 5 heteroatoms. The fourth-order valence-corrected chi connectivity index (χ4v) is 1.25. The molecule has 0 heterocycles. The molecule has 0 aliphatic carbocycles. The number of hydrogen-bond donors (Lipinski definition) is 3. The summed E-state index contributed by atoms with van der Waals surface area (Å²) in [7, 11) is 0. The molecule has 0 aromatic heterocycles. The van der Waals surface area contributed by atoms with Crippen LogP contribution in [0.2, 0.25) is 0 Å². The molecule has 1 amide bonds. The van der Waals surface area contributed by atoms with Gasteiger partial charge in [-0.1, -0.05) is 0 Å². The summed E-state index contributed by atoms with van der Waals surface area (Å²) in [6.45, 7) is 6.32. The summed E-state index contributed by atoms with van der Waals surface area (Å²) < 4.78 is 0. The van der Waals surface area contributed by atoms with Gasteiger partial charge in [0.15, 0.2) is 0 Å². The van der Waals surface area contributed by atoms with E-state index in [1.807, 2.05) is 18.7 Å². The SMILES string of the molecule is CC(C)N(CCCO)CC(=O)NCCN. The lowest BCUT2D eigenvalue weighted by atomic mass is 10.3. The van der Waals surface area contributed by atoms with E-state index in [1.54, 1.807) is 0 Å². The number of aliphatic hydroxyl groups is 1. The van der Waals surface area contributed by atoms with Crippen molar-refractivity contribution in [2.24, 2.45) is 5.73 Å². The van der Waals surface area contributed by atoms with Gasteiger partial charge in [0.2, 0.25) is 5.91 Å². The van der Waals surface area contributed by atoms with E-state index in [2.05, 4.69) is 5.32 Å². The minimum Gasteiger partial charge on any atom is -0.396 e. The van der Waals surface area contributed by atoms with Crippen LogP contribution >= 0.6 is 0 Å². The zero-order valence-corrected chi connectivity index (χ0v) is 9.70. The number of aliphatic hydroxyl groups excluding tert-OH is 1. The van der Waals surface area contributed by atoms with Gasteiger partial charge in [0.1, 0.15) is 0 Å². The smallest absolute Gasteiger partial charge is 0.234 e. The van der Waals surface area contributed by atoms with Crippen molar-refractivity contribution >= 4 is 5.91 Å². The average molecular weight is 217 g/mol. The maximum atomic E-state index is 11.4. The van der Waals surface area contributed by atoms with Crippen LogP contribution in [0.25, 0.3) is 0 Å². The van der Waals surface area contributed by atoms with E-state index in [0.29, 0.717) is 32.1 Å². The molecule has 0 saturated carbocycles. The average Bonchev–Trinajstić information content (AvgIpc) is 2.20. The van der Waals surface area contributed by atoms with Crippen LogP contribution in [0.3, 0.4) is 0 Å². The second kappa shape index (κ2) is 8.64. The van der Waals surface area contributed by atoms with Gasteiger partial charge in [0.05, 0.1) is 6.54 Å². The Labute approximate surface area is 91.6 Å². The number of carbonyl (C=O) groups excluding carboxylic acids is 1. The second-order valence-corrected chi connectivity index (χ2v) is 3.78. The predicted molar refractivity (Wildman–Crippen MR) is 60.5 cm³/mol. The number of nitrogens with zero attached hydrogens (tertiary/aromatic N) is 1. The fourth-order valence-electron chi connectivity index (χ4n) is 1.25. The monoisotopic (exact) mass is 217 g/mol. The number of hydrogen-bond acceptors (Lipinski definition) is 4. The van der Waals surface area contributed by atoms with Gasteiger partial charge in [-0.2, -0.15) is 0 Å². The molecule has 0 rings (SSSR count). The normalized spacial score (nSPS) is 11.1. The molecule has 0 radical (unpaired) electrons. The molecular weight excluding hydrogens is 194 g/mol. The summed E-state index contributed by atoms with van der Waals surface area (Å²) in [4.78, 5) is 13.4. The first-order chi connectivity index (χ1) is 7.11. The minimum atomic E-state index is -0.00732. The number of amides is 1. The summed E-state index contributed by atoms with van der Waals surface area (Å²) in [6, 6.07) is 0.306. The summed E-state index contributed by atoms with van der Waals surface area (Å²) in [5.41, 5.74) is 5.29. The lowest BCUT2D eigenvalue weighted by Crippen LogP contribution is -2.42. The van der Waals surface area contributed by atoms with E-state index < -0.39 is 0 Å². The maximum Gasteiger partial charge on any atom is 0.234 e. The van der Waals surface area contributed by atoms with Gasteiger partial charge >= 0.3 is 0 Å². The lowest BCUT2D eigenvalue weighted by molar-refractivity contribution is -0.122. The topological polar surface area (TPSA) is 78.6 Å². The van der Waals surface area contributed by atoms with Crippen LogP contribution in [0.4, 0.5) is 0 Å². The van der Waals surface area contributed by atoms with Gasteiger partial charge in [-0.15, -0.1) is 0 Å². The first kappa shape index (κ1) is 14.3. The quantitative estimate of drug-likeness (QED) is 0.495. The molecular formula is C10H23N3O2. The second-order valence-electron chi connectivity index (χ2n) is 3.78. The van der Waals surface area contributed by atoms with Crippen molar-refractivity contribution in [1.82, 2.24) is 10.2 Å². The molecule has 0 bridgehead atoms. The van der Waals surface area contributed by atoms with Crippen LogP contribution in [0, 0.1) is 0 Å². The summed E-state index contributed by atoms with van der Waals surface area (Å²) >= 11 is 0. The Morgan fingerprint density at radius 1 is 1.53 bits per heavy atom. The van der Waals surface area contributed by atoms with Crippen molar-refractivity contribution in [1.29, 1.82) is 0 Å². The van der Waals surface area contributed by atoms with Crippen LogP contribution in [-0.2, 0) is 4.79 Å². The van der Waals surface area contributed by atoms with Crippen molar-refractivity contribution in [3.63, 3.8) is 0 Å². The van der Waals surface area contributed by atoms with E-state index in [0.717, 1.165) is 6.54 Å². The van der Waals surface area contributed by atoms with E-state index >= 15 is 0 Å². The van der Waals surface area contributed by atoms with Crippen molar-refractivity contribution in [3.05, 3.63) is 0 Å². The Balaban J connectivity index is 3.87. The molecule has 0 unspecified atom stereocenters. The molecule has 15 heavy (non-hydrogen) atoms. The van der Waals surface area contributed by atoms with E-state index in [1.165, 1.54) is 0 Å². The molecule has 0 aromatic rings. The molecule has 5 nitrogen and oxygen atoms in total. The van der Waals surface area contributed by atoms with Gasteiger partial charge in [0.25, 0.3) is 0 Å². The molecule has 4 N–H and O–H groups in total. The van der Waals surface area contributed by atoms with Gasteiger partial charge in [-0.25, -0.2) is 0 Å². The van der Waals surface area contributed by atoms with Gasteiger partial charge < -0.3 is 16.2 Å². The zero-order chi connectivity index (χ0) is 11.7. The highest BCUT2D eigenvalue weighted by atomic mass is 16.3. The van der Waals surface area contributed by atoms with Crippen molar-refractivity contribution in [2.45, 2.75) is 26.3 Å². The first-order valence-corrected chi connectivity index (χ1v) is 5.43. The predicted octanol–water partition coefficient (Wildman–Crippen LogP) is -0.846. The molecule has 0 fully saturated rings. The Bertz CT molecular complexity index is 174. The van der Waals surface area contributed by atoms with Gasteiger partial charge in [0, 0.05) is 32.3 Å². The summed E-state index contributed by atoms with van der Waals surface area (Å²) in [6.07, 6.45) is 0.697. The summed E-state index contributed by atoms with van der Waals surface area (Å²) in [5.74, 6) is -0.00732. The Kier molecular flexibility index (Phi) is 8.27. The highest BCUT2D eigenvalue weighted by molar-refractivity contribution is 5.78. The van der Waals surface area contributed by atoms with Crippen molar-refractivity contribution in [2.75, 3.05) is 32.8 Å². The highest BCUT2D eigenvalue weighted by Gasteiger charge is 2.12. The number of nitrogens with two attached hydrogens (primary N) is 1. The zero-order valence-electron chi connectivity index (χ0n) is 9.70. The molecule has 0 atom stereocenters. The molecule has 0 aliphatic heterocycles. The van der Waals surface area contributed by atoms with Gasteiger partial charge in [-0.3, -0.25) is 9.69 Å². The molecule has 0 aromatic carbocycles. The molecule has 0 saturated heterocycles. The van der Waals surface area contributed by atoms with Crippen LogP contribution in [0.5, 0.6) is 0 Å². The number of rotatable bonds is 8. The van der Waals surface area contributed by atoms with Crippen molar-refractivity contribution < 1.29 is 9.90 Å². The largest absolute Gasteiger partial charge is 0.396 e. The van der Waals surface area contributed by atoms with Crippen LogP contribution in [0.1, 0.15) is 20.3 Å². The summed E-state index contributed by atoms with van der Waals surface area (Å²) in [5, 5.41) is 11.5. The van der Waals surface area contributed by atoms with Crippen LogP contribution < -0.4 is 11.1 Å². The first-order valence-electron chi connectivity index (χ1n) is 5.43. The number of nitrogens with one attached hydrogen (secondary N) is 1. The third-order valence-electron chi connectivity index (χ3n) is 2.15. The fraction of sp³-hybridized carbons (Fsp3) is 0.900. The highest BCUT2D eigenvalue weighted by Crippen LogP contribution is 1.98. The van der Waals surface area contributed by atoms with E-state index in [4.69, 9.17) is 10.8 Å². The third kappa shape index (κ3) is 7.30. The Morgan fingerprint density at radius 2 is 2.20 bits per heavy atom. The third-order valence-corrected chi connectivity index (χ3v) is 2.15. The minimum absolute atomic E-state index is 0.00732. The van der Waals surface area contributed by atoms with E-state index in [9.17, 15) is 4.79 Å². The van der Waals surface area contributed by atoms with Crippen molar-refractivity contribution in [3.8, 4) is 0 Å². The lowest BCUT2D eigenvalue weighted by Gasteiger charge is -2.25. The Morgan fingerprint density at radius 3 is 2.67 bits per heavy atom. The standard InChI is InChI=1S/C10H23N3O2/c1-9(2)13(6-3-7-14)8-10(15)12-5-4-11/h9,14H,3-8,11H2,1-2H3,(H,12,15). The van der Waals surface area contributed by atoms with E-state index in [-0.39, 0.29) is 12.5 Å². The maximum absolute atomic E-state index is 11.4. The molecule has 0 spiro atoms. The molecule has 0 aliphatic rings. The molecule has 90 valence electrons. The Hall–Kier alpha value is -0.650. The van der Waals surface area contributed by atoms with Gasteiger partial charge in [-0.05, 0) is 20.3 Å². The number of carbonyl (C=O) groups is 1. The van der Waals surface area contributed by atoms with Crippen LogP contribution in [-0.4, -0.2) is 54.7 Å².